The number of nitrogens with zero attached hydrogens (tertiary/aromatic N) is 2. The average Bonchev–Trinajstić information content (AvgIpc) is 2.83. The highest BCUT2D eigenvalue weighted by molar-refractivity contribution is 7.89. The van der Waals surface area contributed by atoms with Crippen LogP contribution in [0.1, 0.15) is 61.5 Å². The maximum Gasteiger partial charge on any atom is 0.405 e. The Morgan fingerprint density at radius 3 is 2.36 bits per heavy atom. The lowest BCUT2D eigenvalue weighted by atomic mass is 9.83. The Labute approximate surface area is 211 Å². The molecule has 0 bridgehead atoms. The number of nitrogens with two attached hydrogens (primary N) is 1. The number of hydrogen-bond donors (Lipinski definition) is 1. The molecule has 2 aromatic carbocycles. The number of likely N-dealkylation sites (tertiary alicyclic amines) is 1. The number of benzene rings is 2. The van der Waals surface area contributed by atoms with Gasteiger partial charge in [0.2, 0.25) is 15.9 Å². The fourth-order valence-electron chi connectivity index (χ4n) is 5.30. The molecule has 2 N–H and O–H groups in total. The Kier molecular flexibility index (Phi) is 7.38. The first kappa shape index (κ1) is 26.1. The smallest absolute Gasteiger partial charge is 0.405 e. The zero-order chi connectivity index (χ0) is 26.1. The predicted molar refractivity (Wildman–Crippen MR) is 133 cm³/mol. The zero-order valence-corrected chi connectivity index (χ0v) is 21.3. The molecule has 2 aliphatic rings. The highest BCUT2D eigenvalue weighted by Crippen LogP contribution is 2.40. The van der Waals surface area contributed by atoms with E-state index in [-0.39, 0.29) is 36.9 Å². The van der Waals surface area contributed by atoms with Gasteiger partial charge in [-0.05, 0) is 37.0 Å². The van der Waals surface area contributed by atoms with Crippen molar-refractivity contribution in [1.82, 2.24) is 9.21 Å². The van der Waals surface area contributed by atoms with E-state index >= 15 is 4.39 Å². The minimum Gasteiger partial charge on any atom is -0.438 e. The first-order chi connectivity index (χ1) is 17.0. The molecular weight excluding hydrogens is 485 g/mol. The highest BCUT2D eigenvalue weighted by atomic mass is 32.2. The number of carbonyl (C=O) groups is 2. The largest absolute Gasteiger partial charge is 0.438 e. The van der Waals surface area contributed by atoms with Gasteiger partial charge >= 0.3 is 6.09 Å². The quantitative estimate of drug-likeness (QED) is 0.649. The summed E-state index contributed by atoms with van der Waals surface area (Å²) < 4.78 is 49.3. The third-order valence-electron chi connectivity index (χ3n) is 7.41. The number of hydrogen-bond acceptors (Lipinski definition) is 5. The normalized spacial score (nSPS) is 23.7. The molecule has 10 heteroatoms. The Balaban J connectivity index is 1.60. The van der Waals surface area contributed by atoms with Gasteiger partial charge in [-0.1, -0.05) is 42.5 Å². The standard InChI is InChI=1S/C26H32FN3O5S/c1-18-8-11-24(20-6-4-3-5-7-20)36(33,34)30(18)17-21-9-10-22(16-23(21)27)26(35-25(28)32)12-14-29(15-13-26)19(2)31/h3-7,9-10,16,18,24H,8,11-15,17H2,1-2H3,(H2,28,32)/t18-,24?/m0/s1. The summed E-state index contributed by atoms with van der Waals surface area (Å²) >= 11 is 0. The van der Waals surface area contributed by atoms with Gasteiger partial charge in [0.25, 0.3) is 0 Å². The fraction of sp³-hybridized carbons (Fsp3) is 0.462. The van der Waals surface area contributed by atoms with Crippen molar-refractivity contribution in [2.75, 3.05) is 13.1 Å². The average molecular weight is 518 g/mol. The van der Waals surface area contributed by atoms with E-state index in [1.807, 2.05) is 25.1 Å². The number of amides is 2. The van der Waals surface area contributed by atoms with Gasteiger partial charge in [0.1, 0.15) is 16.7 Å². The molecule has 2 heterocycles. The first-order valence-electron chi connectivity index (χ1n) is 12.1. The minimum absolute atomic E-state index is 0.0881. The number of sulfonamides is 1. The van der Waals surface area contributed by atoms with E-state index in [1.165, 1.54) is 17.3 Å². The van der Waals surface area contributed by atoms with Crippen molar-refractivity contribution in [2.24, 2.45) is 5.73 Å². The minimum atomic E-state index is -3.71. The number of halogens is 1. The summed E-state index contributed by atoms with van der Waals surface area (Å²) in [6, 6.07) is 13.3. The Hall–Kier alpha value is -2.98. The summed E-state index contributed by atoms with van der Waals surface area (Å²) in [5.74, 6) is -0.673. The summed E-state index contributed by atoms with van der Waals surface area (Å²) in [5, 5.41) is -0.670. The summed E-state index contributed by atoms with van der Waals surface area (Å²) in [6.07, 6.45) is 0.766. The number of ether oxygens (including phenoxy) is 1. The molecule has 0 spiro atoms. The molecular formula is C26H32FN3O5S. The Morgan fingerprint density at radius 1 is 1.11 bits per heavy atom. The van der Waals surface area contributed by atoms with Gasteiger partial charge in [-0.15, -0.1) is 0 Å². The summed E-state index contributed by atoms with van der Waals surface area (Å²) in [7, 11) is -3.71. The topological polar surface area (TPSA) is 110 Å². The van der Waals surface area contributed by atoms with Crippen molar-refractivity contribution in [3.8, 4) is 0 Å². The number of rotatable bonds is 5. The number of carbonyl (C=O) groups excluding carboxylic acids is 2. The van der Waals surface area contributed by atoms with Crippen LogP contribution in [0.4, 0.5) is 9.18 Å². The van der Waals surface area contributed by atoms with Crippen molar-refractivity contribution in [3.63, 3.8) is 0 Å². The molecule has 2 amide bonds. The first-order valence-corrected chi connectivity index (χ1v) is 13.6. The summed E-state index contributed by atoms with van der Waals surface area (Å²) in [4.78, 5) is 25.1. The fourth-order valence-corrected chi connectivity index (χ4v) is 7.49. The van der Waals surface area contributed by atoms with Gasteiger partial charge in [0.05, 0.1) is 0 Å². The van der Waals surface area contributed by atoms with Gasteiger partial charge < -0.3 is 15.4 Å². The van der Waals surface area contributed by atoms with Crippen LogP contribution in [0.2, 0.25) is 0 Å². The van der Waals surface area contributed by atoms with E-state index in [4.69, 9.17) is 10.5 Å². The van der Waals surface area contributed by atoms with Crippen molar-refractivity contribution >= 4 is 22.0 Å². The SMILES string of the molecule is CC(=O)N1CCC(OC(N)=O)(c2ccc(CN3[C@@H](C)CCC(c4ccccc4)S3(=O)=O)c(F)c2)CC1. The zero-order valence-electron chi connectivity index (χ0n) is 20.5. The molecule has 2 aliphatic heterocycles. The van der Waals surface area contributed by atoms with Gasteiger partial charge in [-0.25, -0.2) is 17.6 Å². The second-order valence-electron chi connectivity index (χ2n) is 9.64. The molecule has 4 rings (SSSR count). The van der Waals surface area contributed by atoms with Crippen LogP contribution >= 0.6 is 0 Å². The van der Waals surface area contributed by atoms with E-state index in [2.05, 4.69) is 0 Å². The molecule has 1 unspecified atom stereocenters. The number of primary amides is 1. The molecule has 0 aromatic heterocycles. The van der Waals surface area contributed by atoms with E-state index < -0.39 is 32.8 Å². The van der Waals surface area contributed by atoms with Crippen LogP contribution in [0.25, 0.3) is 0 Å². The molecule has 0 radical (unpaired) electrons. The van der Waals surface area contributed by atoms with Crippen LogP contribution in [0.15, 0.2) is 48.5 Å². The Morgan fingerprint density at radius 2 is 1.78 bits per heavy atom. The Bertz CT molecular complexity index is 1230. The maximum atomic E-state index is 15.4. The molecule has 36 heavy (non-hydrogen) atoms. The van der Waals surface area contributed by atoms with Crippen molar-refractivity contribution in [3.05, 3.63) is 71.0 Å². The molecule has 8 nitrogen and oxygen atoms in total. The molecule has 194 valence electrons. The van der Waals surface area contributed by atoms with Crippen molar-refractivity contribution < 1.29 is 27.1 Å². The predicted octanol–water partition coefficient (Wildman–Crippen LogP) is 3.81. The summed E-state index contributed by atoms with van der Waals surface area (Å²) in [6.45, 7) is 3.89. The molecule has 2 saturated heterocycles. The molecule has 0 aliphatic carbocycles. The van der Waals surface area contributed by atoms with Gasteiger partial charge in [-0.3, -0.25) is 4.79 Å². The van der Waals surface area contributed by atoms with E-state index in [1.54, 1.807) is 29.2 Å². The van der Waals surface area contributed by atoms with E-state index in [0.29, 0.717) is 31.5 Å². The van der Waals surface area contributed by atoms with Gasteiger partial charge in [0.15, 0.2) is 0 Å². The molecule has 0 saturated carbocycles. The maximum absolute atomic E-state index is 15.4. The monoisotopic (exact) mass is 517 g/mol. The van der Waals surface area contributed by atoms with Crippen LogP contribution in [-0.4, -0.2) is 48.8 Å². The van der Waals surface area contributed by atoms with Crippen molar-refractivity contribution in [1.29, 1.82) is 0 Å². The third-order valence-corrected chi connectivity index (χ3v) is 9.78. The van der Waals surface area contributed by atoms with Crippen LogP contribution in [0.3, 0.4) is 0 Å². The highest BCUT2D eigenvalue weighted by Gasteiger charge is 2.42. The van der Waals surface area contributed by atoms with Gasteiger partial charge in [0, 0.05) is 51.0 Å². The summed E-state index contributed by atoms with van der Waals surface area (Å²) in [5.41, 5.74) is 5.57. The van der Waals surface area contributed by atoms with Crippen LogP contribution in [0, 0.1) is 5.82 Å². The van der Waals surface area contributed by atoms with Crippen LogP contribution in [-0.2, 0) is 31.7 Å². The second-order valence-corrected chi connectivity index (χ2v) is 11.7. The third kappa shape index (κ3) is 5.10. The number of piperidine rings is 1. The van der Waals surface area contributed by atoms with Crippen molar-refractivity contribution in [2.45, 2.75) is 63.0 Å². The van der Waals surface area contributed by atoms with Crippen LogP contribution < -0.4 is 5.73 Å². The van der Waals surface area contributed by atoms with E-state index in [0.717, 1.165) is 5.56 Å². The lowest BCUT2D eigenvalue weighted by molar-refractivity contribution is -0.133. The molecule has 2 atom stereocenters. The second kappa shape index (κ2) is 10.2. The van der Waals surface area contributed by atoms with Crippen LogP contribution in [0.5, 0.6) is 0 Å². The lowest BCUT2D eigenvalue weighted by Crippen LogP contribution is -2.47. The lowest BCUT2D eigenvalue weighted by Gasteiger charge is -2.41. The molecule has 2 aromatic rings. The van der Waals surface area contributed by atoms with E-state index in [9.17, 15) is 18.0 Å². The molecule has 2 fully saturated rings. The van der Waals surface area contributed by atoms with Gasteiger partial charge in [-0.2, -0.15) is 4.31 Å².